The number of aliphatic carboxylic acids is 1. The lowest BCUT2D eigenvalue weighted by Gasteiger charge is -2.08. The Morgan fingerprint density at radius 3 is 2.88 bits per heavy atom. The fourth-order valence-corrected chi connectivity index (χ4v) is 3.40. The molecule has 0 aliphatic carbocycles. The van der Waals surface area contributed by atoms with E-state index >= 15 is 0 Å². The summed E-state index contributed by atoms with van der Waals surface area (Å²) in [4.78, 5) is 15.7. The zero-order chi connectivity index (χ0) is 17.8. The molecule has 0 aliphatic heterocycles. The Bertz CT molecular complexity index is 910. The number of carboxylic acids is 1. The first-order valence-electron chi connectivity index (χ1n) is 7.73. The maximum Gasteiger partial charge on any atom is 0.323 e. The van der Waals surface area contributed by atoms with Crippen molar-refractivity contribution in [3.63, 3.8) is 0 Å². The molecule has 0 saturated carbocycles. The highest BCUT2D eigenvalue weighted by molar-refractivity contribution is 7.99. The predicted molar refractivity (Wildman–Crippen MR) is 99.8 cm³/mol. The van der Waals surface area contributed by atoms with Crippen LogP contribution >= 0.6 is 23.4 Å². The minimum absolute atomic E-state index is 0.111. The van der Waals surface area contributed by atoms with Crippen molar-refractivity contribution >= 4 is 40.4 Å². The molecule has 0 aliphatic rings. The third-order valence-electron chi connectivity index (χ3n) is 3.63. The Morgan fingerprint density at radius 2 is 2.12 bits per heavy atom. The fraction of sp³-hybridized carbons (Fsp3) is 0.222. The third kappa shape index (κ3) is 4.27. The van der Waals surface area contributed by atoms with E-state index in [1.807, 2.05) is 49.4 Å². The van der Waals surface area contributed by atoms with Gasteiger partial charge in [-0.3, -0.25) is 4.79 Å². The Morgan fingerprint density at radius 1 is 1.32 bits per heavy atom. The van der Waals surface area contributed by atoms with Gasteiger partial charge in [0.1, 0.15) is 12.3 Å². The second kappa shape index (κ2) is 7.80. The smallest absolute Gasteiger partial charge is 0.323 e. The first-order valence-corrected chi connectivity index (χ1v) is 9.10. The number of rotatable bonds is 7. The first-order chi connectivity index (χ1) is 12.0. The van der Waals surface area contributed by atoms with E-state index < -0.39 is 5.97 Å². The van der Waals surface area contributed by atoms with Crippen molar-refractivity contribution in [2.45, 2.75) is 18.6 Å². The average molecular weight is 377 g/mol. The summed E-state index contributed by atoms with van der Waals surface area (Å²) in [6.07, 6.45) is 0. The number of hydrogen-bond donors (Lipinski definition) is 1. The maximum atomic E-state index is 11.1. The molecule has 0 saturated heterocycles. The van der Waals surface area contributed by atoms with Crippen molar-refractivity contribution in [3.8, 4) is 5.75 Å². The van der Waals surface area contributed by atoms with Crippen LogP contribution in [0.4, 0.5) is 0 Å². The van der Waals surface area contributed by atoms with E-state index in [-0.39, 0.29) is 6.54 Å². The highest BCUT2D eigenvalue weighted by Gasteiger charge is 2.13. The summed E-state index contributed by atoms with van der Waals surface area (Å²) >= 11 is 7.48. The molecule has 5 nitrogen and oxygen atoms in total. The molecule has 1 aromatic heterocycles. The van der Waals surface area contributed by atoms with Crippen LogP contribution in [-0.4, -0.2) is 33.0 Å². The molecule has 0 fully saturated rings. The summed E-state index contributed by atoms with van der Waals surface area (Å²) < 4.78 is 7.44. The third-order valence-corrected chi connectivity index (χ3v) is 4.99. The summed E-state index contributed by atoms with van der Waals surface area (Å²) in [6, 6.07) is 13.1. The van der Waals surface area contributed by atoms with Crippen LogP contribution in [0.1, 0.15) is 5.56 Å². The van der Waals surface area contributed by atoms with E-state index in [1.165, 1.54) is 11.8 Å². The van der Waals surface area contributed by atoms with E-state index in [0.29, 0.717) is 22.5 Å². The van der Waals surface area contributed by atoms with Gasteiger partial charge in [0.15, 0.2) is 5.16 Å². The highest BCUT2D eigenvalue weighted by atomic mass is 35.5. The van der Waals surface area contributed by atoms with Gasteiger partial charge in [-0.05, 0) is 42.8 Å². The molecule has 3 aromatic rings. The Balaban J connectivity index is 1.66. The number of nitrogens with zero attached hydrogens (tertiary/aromatic N) is 2. The van der Waals surface area contributed by atoms with Crippen molar-refractivity contribution in [2.24, 2.45) is 0 Å². The number of benzene rings is 2. The van der Waals surface area contributed by atoms with Crippen LogP contribution in [0.15, 0.2) is 47.6 Å². The molecule has 0 bridgehead atoms. The van der Waals surface area contributed by atoms with Gasteiger partial charge in [0.25, 0.3) is 0 Å². The molecular formula is C18H17ClN2O3S. The monoisotopic (exact) mass is 376 g/mol. The van der Waals surface area contributed by atoms with Crippen LogP contribution < -0.4 is 4.74 Å². The number of hydrogen-bond acceptors (Lipinski definition) is 4. The number of imidazole rings is 1. The summed E-state index contributed by atoms with van der Waals surface area (Å²) in [6.45, 7) is 2.31. The summed E-state index contributed by atoms with van der Waals surface area (Å²) in [7, 11) is 0. The van der Waals surface area contributed by atoms with Crippen LogP contribution in [0.3, 0.4) is 0 Å². The minimum Gasteiger partial charge on any atom is -0.493 e. The van der Waals surface area contributed by atoms with Gasteiger partial charge in [-0.1, -0.05) is 35.5 Å². The number of ether oxygens (including phenoxy) is 1. The number of carbonyl (C=O) groups is 1. The van der Waals surface area contributed by atoms with E-state index in [0.717, 1.165) is 22.3 Å². The van der Waals surface area contributed by atoms with Gasteiger partial charge in [-0.25, -0.2) is 4.98 Å². The normalized spacial score (nSPS) is 11.0. The van der Waals surface area contributed by atoms with Crippen molar-refractivity contribution < 1.29 is 14.6 Å². The molecule has 0 unspecified atom stereocenters. The molecule has 0 atom stereocenters. The maximum absolute atomic E-state index is 11.1. The molecule has 25 heavy (non-hydrogen) atoms. The lowest BCUT2D eigenvalue weighted by atomic mass is 10.2. The molecule has 7 heteroatoms. The topological polar surface area (TPSA) is 64.4 Å². The molecular weight excluding hydrogens is 360 g/mol. The van der Waals surface area contributed by atoms with Gasteiger partial charge in [0.05, 0.1) is 17.6 Å². The van der Waals surface area contributed by atoms with Gasteiger partial charge in [-0.15, -0.1) is 0 Å². The van der Waals surface area contributed by atoms with Gasteiger partial charge in [-0.2, -0.15) is 0 Å². The Labute approximate surface area is 154 Å². The largest absolute Gasteiger partial charge is 0.493 e. The van der Waals surface area contributed by atoms with Gasteiger partial charge in [0, 0.05) is 10.8 Å². The van der Waals surface area contributed by atoms with Crippen molar-refractivity contribution in [3.05, 3.63) is 53.1 Å². The summed E-state index contributed by atoms with van der Waals surface area (Å²) in [5.41, 5.74) is 2.58. The molecule has 0 amide bonds. The highest BCUT2D eigenvalue weighted by Crippen LogP contribution is 2.25. The van der Waals surface area contributed by atoms with E-state index in [1.54, 1.807) is 4.57 Å². The zero-order valence-electron chi connectivity index (χ0n) is 13.6. The molecule has 0 radical (unpaired) electrons. The van der Waals surface area contributed by atoms with Crippen LogP contribution in [0.25, 0.3) is 11.0 Å². The number of aromatic nitrogens is 2. The van der Waals surface area contributed by atoms with Gasteiger partial charge in [0.2, 0.25) is 0 Å². The number of para-hydroxylation sites is 2. The molecule has 130 valence electrons. The van der Waals surface area contributed by atoms with Crippen molar-refractivity contribution in [1.29, 1.82) is 0 Å². The van der Waals surface area contributed by atoms with Crippen molar-refractivity contribution in [1.82, 2.24) is 9.55 Å². The molecule has 1 N–H and O–H groups in total. The molecule has 2 aromatic carbocycles. The lowest BCUT2D eigenvalue weighted by Crippen LogP contribution is -2.10. The molecule has 3 rings (SSSR count). The summed E-state index contributed by atoms with van der Waals surface area (Å²) in [5.74, 6) is 0.532. The van der Waals surface area contributed by atoms with Crippen molar-refractivity contribution in [2.75, 3.05) is 12.4 Å². The van der Waals surface area contributed by atoms with E-state index in [4.69, 9.17) is 21.4 Å². The SMILES string of the molecule is Cc1cc(OCCSc2nc3ccccc3n2CC(=O)O)ccc1Cl. The molecule has 1 heterocycles. The number of halogens is 1. The van der Waals surface area contributed by atoms with Gasteiger partial charge < -0.3 is 14.4 Å². The number of aryl methyl sites for hydroxylation is 1. The second-order valence-corrected chi connectivity index (χ2v) is 6.94. The number of carboxylic acid groups (broad SMARTS) is 1. The average Bonchev–Trinajstić information content (AvgIpc) is 2.92. The number of fused-ring (bicyclic) bond motifs is 1. The predicted octanol–water partition coefficient (Wildman–Crippen LogP) is 4.25. The van der Waals surface area contributed by atoms with Gasteiger partial charge >= 0.3 is 5.97 Å². The zero-order valence-corrected chi connectivity index (χ0v) is 15.2. The minimum atomic E-state index is -0.891. The van der Waals surface area contributed by atoms with Crippen LogP contribution in [-0.2, 0) is 11.3 Å². The standard InChI is InChI=1S/C18H17ClN2O3S/c1-12-10-13(6-7-14(12)19)24-8-9-25-18-20-15-4-2-3-5-16(15)21(18)11-17(22)23/h2-7,10H,8-9,11H2,1H3,(H,22,23). The first kappa shape index (κ1) is 17.6. The lowest BCUT2D eigenvalue weighted by molar-refractivity contribution is -0.137. The number of thioether (sulfide) groups is 1. The summed E-state index contributed by atoms with van der Waals surface area (Å²) in [5, 5.41) is 10.5. The van der Waals surface area contributed by atoms with E-state index in [9.17, 15) is 4.79 Å². The van der Waals surface area contributed by atoms with Crippen LogP contribution in [0.2, 0.25) is 5.02 Å². The Hall–Kier alpha value is -2.18. The molecule has 0 spiro atoms. The quantitative estimate of drug-likeness (QED) is 0.493. The Kier molecular flexibility index (Phi) is 5.50. The van der Waals surface area contributed by atoms with Crippen LogP contribution in [0.5, 0.6) is 5.75 Å². The van der Waals surface area contributed by atoms with Crippen LogP contribution in [0, 0.1) is 6.92 Å². The van der Waals surface area contributed by atoms with E-state index in [2.05, 4.69) is 4.98 Å². The fourth-order valence-electron chi connectivity index (χ4n) is 2.45. The second-order valence-electron chi connectivity index (χ2n) is 5.47.